The summed E-state index contributed by atoms with van der Waals surface area (Å²) < 4.78 is 0. The Kier molecular flexibility index (Phi) is 6.82. The van der Waals surface area contributed by atoms with Crippen molar-refractivity contribution in [3.8, 4) is 11.8 Å². The van der Waals surface area contributed by atoms with Gasteiger partial charge in [-0.1, -0.05) is 42.2 Å². The van der Waals surface area contributed by atoms with Crippen LogP contribution in [0.2, 0.25) is 0 Å². The molecule has 0 unspecified atom stereocenters. The molecule has 0 spiro atoms. The van der Waals surface area contributed by atoms with Crippen molar-refractivity contribution in [2.75, 3.05) is 25.0 Å². The van der Waals surface area contributed by atoms with Gasteiger partial charge in [0.1, 0.15) is 5.69 Å². The van der Waals surface area contributed by atoms with Crippen molar-refractivity contribution in [1.82, 2.24) is 10.6 Å². The number of para-hydroxylation sites is 2. The van der Waals surface area contributed by atoms with E-state index < -0.39 is 4.92 Å². The van der Waals surface area contributed by atoms with Crippen molar-refractivity contribution in [2.45, 2.75) is 0 Å². The summed E-state index contributed by atoms with van der Waals surface area (Å²) in [7, 11) is 0. The third kappa shape index (κ3) is 6.23. The number of anilines is 1. The highest BCUT2D eigenvalue weighted by atomic mass is 16.6. The minimum atomic E-state index is -0.451. The van der Waals surface area contributed by atoms with Crippen LogP contribution in [0.3, 0.4) is 0 Å². The van der Waals surface area contributed by atoms with E-state index in [1.54, 1.807) is 18.2 Å². The molecule has 0 saturated carbocycles. The van der Waals surface area contributed by atoms with Crippen LogP contribution in [0, 0.1) is 22.0 Å². The third-order valence-corrected chi connectivity index (χ3v) is 3.17. The van der Waals surface area contributed by atoms with E-state index in [-0.39, 0.29) is 18.3 Å². The summed E-state index contributed by atoms with van der Waals surface area (Å²) in [5, 5.41) is 19.1. The van der Waals surface area contributed by atoms with Crippen LogP contribution in [-0.2, 0) is 0 Å². The molecule has 0 radical (unpaired) electrons. The normalized spacial score (nSPS) is 9.44. The first kappa shape index (κ1) is 17.8. The van der Waals surface area contributed by atoms with E-state index in [4.69, 9.17) is 0 Å². The molecule has 0 fully saturated rings. The maximum Gasteiger partial charge on any atom is 0.315 e. The van der Waals surface area contributed by atoms with Gasteiger partial charge in [0.15, 0.2) is 0 Å². The molecule has 0 aliphatic carbocycles. The lowest BCUT2D eigenvalue weighted by atomic mass is 10.2. The average Bonchev–Trinajstić information content (AvgIpc) is 2.63. The van der Waals surface area contributed by atoms with Crippen molar-refractivity contribution in [3.63, 3.8) is 0 Å². The number of nitro benzene ring substituents is 1. The molecule has 0 saturated heterocycles. The number of urea groups is 1. The summed E-state index contributed by atoms with van der Waals surface area (Å²) in [6.45, 7) is 0.927. The molecule has 7 nitrogen and oxygen atoms in total. The molecule has 0 atom stereocenters. The monoisotopic (exact) mass is 338 g/mol. The molecular formula is C18H18N4O3. The minimum Gasteiger partial charge on any atom is -0.378 e. The molecular weight excluding hydrogens is 320 g/mol. The van der Waals surface area contributed by atoms with Crippen LogP contribution >= 0.6 is 0 Å². The lowest BCUT2D eigenvalue weighted by Crippen LogP contribution is -2.38. The van der Waals surface area contributed by atoms with Crippen molar-refractivity contribution in [1.29, 1.82) is 0 Å². The summed E-state index contributed by atoms with van der Waals surface area (Å²) in [6, 6.07) is 15.5. The first-order valence-corrected chi connectivity index (χ1v) is 7.70. The van der Waals surface area contributed by atoms with Crippen LogP contribution in [0.5, 0.6) is 0 Å². The molecule has 7 heteroatoms. The topological polar surface area (TPSA) is 96.3 Å². The molecule has 2 amide bonds. The fraction of sp³-hybridized carbons (Fsp3) is 0.167. The largest absolute Gasteiger partial charge is 0.378 e. The molecule has 3 N–H and O–H groups in total. The van der Waals surface area contributed by atoms with E-state index in [0.717, 1.165) is 5.56 Å². The second-order valence-corrected chi connectivity index (χ2v) is 4.98. The molecule has 0 aromatic heterocycles. The first-order valence-electron chi connectivity index (χ1n) is 7.70. The maximum atomic E-state index is 11.6. The predicted octanol–water partition coefficient (Wildman–Crippen LogP) is 2.36. The Balaban J connectivity index is 1.66. The van der Waals surface area contributed by atoms with Crippen LogP contribution in [0.15, 0.2) is 54.6 Å². The first-order chi connectivity index (χ1) is 12.2. The Morgan fingerprint density at radius 2 is 1.72 bits per heavy atom. The summed E-state index contributed by atoms with van der Waals surface area (Å²) in [5.41, 5.74) is 1.31. The highest BCUT2D eigenvalue weighted by molar-refractivity contribution is 5.74. The summed E-state index contributed by atoms with van der Waals surface area (Å²) >= 11 is 0. The van der Waals surface area contributed by atoms with Crippen molar-refractivity contribution in [2.24, 2.45) is 0 Å². The number of nitro groups is 1. The molecule has 2 aromatic carbocycles. The molecule has 2 aromatic rings. The van der Waals surface area contributed by atoms with Gasteiger partial charge >= 0.3 is 6.03 Å². The molecule has 25 heavy (non-hydrogen) atoms. The molecule has 128 valence electrons. The number of rotatable bonds is 6. The van der Waals surface area contributed by atoms with Gasteiger partial charge in [-0.3, -0.25) is 10.1 Å². The zero-order valence-corrected chi connectivity index (χ0v) is 13.5. The van der Waals surface area contributed by atoms with Gasteiger partial charge in [0.2, 0.25) is 0 Å². The number of benzene rings is 2. The van der Waals surface area contributed by atoms with E-state index in [1.807, 2.05) is 30.3 Å². The predicted molar refractivity (Wildman–Crippen MR) is 96.3 cm³/mol. The average molecular weight is 338 g/mol. The van der Waals surface area contributed by atoms with Crippen LogP contribution in [0.1, 0.15) is 5.56 Å². The number of nitrogens with one attached hydrogen (secondary N) is 3. The lowest BCUT2D eigenvalue weighted by molar-refractivity contribution is -0.384. The third-order valence-electron chi connectivity index (χ3n) is 3.17. The second-order valence-electron chi connectivity index (χ2n) is 4.98. The smallest absolute Gasteiger partial charge is 0.315 e. The van der Waals surface area contributed by atoms with Gasteiger partial charge in [-0.15, -0.1) is 0 Å². The highest BCUT2D eigenvalue weighted by Gasteiger charge is 2.11. The van der Waals surface area contributed by atoms with Gasteiger partial charge in [0.05, 0.1) is 11.5 Å². The molecule has 0 aliphatic heterocycles. The van der Waals surface area contributed by atoms with E-state index in [2.05, 4.69) is 27.8 Å². The zero-order chi connectivity index (χ0) is 17.9. The van der Waals surface area contributed by atoms with Gasteiger partial charge in [-0.05, 0) is 18.2 Å². The van der Waals surface area contributed by atoms with Crippen LogP contribution in [-0.4, -0.2) is 30.6 Å². The molecule has 0 heterocycles. The molecule has 0 bridgehead atoms. The fourth-order valence-electron chi connectivity index (χ4n) is 2.01. The fourth-order valence-corrected chi connectivity index (χ4v) is 2.01. The Bertz CT molecular complexity index is 782. The van der Waals surface area contributed by atoms with E-state index in [1.165, 1.54) is 6.07 Å². The van der Waals surface area contributed by atoms with Gasteiger partial charge < -0.3 is 16.0 Å². The van der Waals surface area contributed by atoms with E-state index in [9.17, 15) is 14.9 Å². The molecule has 0 aliphatic rings. The van der Waals surface area contributed by atoms with Gasteiger partial charge in [-0.2, -0.15) is 0 Å². The Labute approximate surface area is 145 Å². The summed E-state index contributed by atoms with van der Waals surface area (Å²) in [5.74, 6) is 5.79. The van der Waals surface area contributed by atoms with E-state index >= 15 is 0 Å². The number of carbonyl (C=O) groups excluding carboxylic acids is 1. The van der Waals surface area contributed by atoms with Crippen LogP contribution in [0.25, 0.3) is 0 Å². The van der Waals surface area contributed by atoms with Gasteiger partial charge in [0, 0.05) is 24.7 Å². The van der Waals surface area contributed by atoms with Gasteiger partial charge in [0.25, 0.3) is 5.69 Å². The summed E-state index contributed by atoms with van der Waals surface area (Å²) in [6.07, 6.45) is 0. The zero-order valence-electron chi connectivity index (χ0n) is 13.5. The van der Waals surface area contributed by atoms with Crippen LogP contribution < -0.4 is 16.0 Å². The number of amides is 2. The number of hydrogen-bond donors (Lipinski definition) is 3. The SMILES string of the molecule is O=C(NCC#Cc1ccccc1)NCCNc1ccccc1[N+](=O)[O-]. The quantitative estimate of drug-likeness (QED) is 0.326. The number of hydrogen-bond acceptors (Lipinski definition) is 4. The maximum absolute atomic E-state index is 11.6. The van der Waals surface area contributed by atoms with Crippen molar-refractivity contribution < 1.29 is 9.72 Å². The molecule has 2 rings (SSSR count). The second kappa shape index (κ2) is 9.57. The Morgan fingerprint density at radius 1 is 1.00 bits per heavy atom. The lowest BCUT2D eigenvalue weighted by Gasteiger charge is -2.08. The Morgan fingerprint density at radius 3 is 2.48 bits per heavy atom. The van der Waals surface area contributed by atoms with Crippen LogP contribution in [0.4, 0.5) is 16.2 Å². The van der Waals surface area contributed by atoms with Gasteiger partial charge in [-0.25, -0.2) is 4.79 Å². The summed E-state index contributed by atoms with van der Waals surface area (Å²) in [4.78, 5) is 22.0. The van der Waals surface area contributed by atoms with E-state index in [0.29, 0.717) is 18.8 Å². The Hall–Kier alpha value is -3.53. The van der Waals surface area contributed by atoms with Crippen molar-refractivity contribution in [3.05, 3.63) is 70.3 Å². The number of nitrogens with zero attached hydrogens (tertiary/aromatic N) is 1. The van der Waals surface area contributed by atoms with Crippen molar-refractivity contribution >= 4 is 17.4 Å². The standard InChI is InChI=1S/C18H18N4O3/c23-18(20-12-6-9-15-7-2-1-3-8-15)21-14-13-19-16-10-4-5-11-17(16)22(24)25/h1-5,7-8,10-11,19H,12-14H2,(H2,20,21,23). The minimum absolute atomic E-state index is 0.00291. The highest BCUT2D eigenvalue weighted by Crippen LogP contribution is 2.22. The number of carbonyl (C=O) groups is 1.